The number of benzene rings is 1. The summed E-state index contributed by atoms with van der Waals surface area (Å²) < 4.78 is 6.19. The molecule has 0 amide bonds. The van der Waals surface area contributed by atoms with E-state index in [1.807, 2.05) is 0 Å². The lowest BCUT2D eigenvalue weighted by Crippen LogP contribution is -2.64. The number of carbonyl (C=O) groups excluding carboxylic acids is 1. The lowest BCUT2D eigenvalue weighted by atomic mass is 9.35. The number of rotatable bonds is 7. The predicted octanol–water partition coefficient (Wildman–Crippen LogP) is 9.50. The maximum Gasteiger partial charge on any atom is 0.331 e. The Morgan fingerprint density at radius 3 is 2.28 bits per heavy atom. The highest BCUT2D eigenvalue weighted by atomic mass is 16.5. The number of carbonyl (C=O) groups is 1. The number of aliphatic hydroxyl groups is 1. The first-order chi connectivity index (χ1) is 20.0. The molecule has 9 atom stereocenters. The molecule has 0 radical (unpaired) electrons. The van der Waals surface area contributed by atoms with Crippen molar-refractivity contribution in [3.8, 4) is 5.75 Å². The van der Waals surface area contributed by atoms with Crippen LogP contribution in [0.2, 0.25) is 0 Å². The second-order valence-corrected chi connectivity index (χ2v) is 16.7. The molecule has 0 heterocycles. The predicted molar refractivity (Wildman–Crippen MR) is 175 cm³/mol. The Balaban J connectivity index is 1.31. The normalized spacial score (nSPS) is 39.7. The van der Waals surface area contributed by atoms with Crippen molar-refractivity contribution in [2.75, 3.05) is 0 Å². The zero-order chi connectivity index (χ0) is 31.4. The molecule has 4 nitrogen and oxygen atoms in total. The quantitative estimate of drug-likeness (QED) is 0.189. The van der Waals surface area contributed by atoms with Gasteiger partial charge < -0.3 is 14.9 Å². The lowest BCUT2D eigenvalue weighted by molar-refractivity contribution is -0.229. The molecule has 238 valence electrons. The topological polar surface area (TPSA) is 66.8 Å². The second kappa shape index (κ2) is 11.4. The molecular formula is C39H58O4. The van der Waals surface area contributed by atoms with Crippen molar-refractivity contribution in [1.82, 2.24) is 0 Å². The van der Waals surface area contributed by atoms with Gasteiger partial charge in [-0.15, -0.1) is 0 Å². The van der Waals surface area contributed by atoms with E-state index in [1.165, 1.54) is 43.8 Å². The van der Waals surface area contributed by atoms with Crippen LogP contribution in [0.25, 0.3) is 6.08 Å². The largest absolute Gasteiger partial charge is 0.508 e. The molecule has 2 N–H and O–H groups in total. The summed E-state index contributed by atoms with van der Waals surface area (Å²) in [4.78, 5) is 13.0. The van der Waals surface area contributed by atoms with Crippen molar-refractivity contribution in [3.63, 3.8) is 0 Å². The second-order valence-electron chi connectivity index (χ2n) is 16.7. The van der Waals surface area contributed by atoms with Crippen LogP contribution >= 0.6 is 0 Å². The SMILES string of the molecule is CC(C)=CCC[C@](C)(O)[C@H]1CC[C@]2(C)[C@@H]1CC[C@@H]1[C@@]3(C)CCC(OC(=O)/C=C/c4ccc(O)cc4)C(C)(C)[C@@H]3CC[C@]12C. The van der Waals surface area contributed by atoms with E-state index in [0.717, 1.165) is 37.7 Å². The Morgan fingerprint density at radius 1 is 0.930 bits per heavy atom. The molecule has 4 aliphatic rings. The van der Waals surface area contributed by atoms with E-state index in [4.69, 9.17) is 4.74 Å². The first-order valence-electron chi connectivity index (χ1n) is 17.1. The van der Waals surface area contributed by atoms with Gasteiger partial charge in [0, 0.05) is 11.5 Å². The highest BCUT2D eigenvalue weighted by Gasteiger charge is 2.69. The summed E-state index contributed by atoms with van der Waals surface area (Å²) in [7, 11) is 0. The van der Waals surface area contributed by atoms with Gasteiger partial charge >= 0.3 is 5.97 Å². The molecular weight excluding hydrogens is 532 g/mol. The summed E-state index contributed by atoms with van der Waals surface area (Å²) >= 11 is 0. The number of ether oxygens (including phenoxy) is 1. The van der Waals surface area contributed by atoms with Gasteiger partial charge in [0.15, 0.2) is 0 Å². The molecule has 1 aromatic carbocycles. The third-order valence-corrected chi connectivity index (χ3v) is 13.9. The number of hydrogen-bond donors (Lipinski definition) is 2. The summed E-state index contributed by atoms with van der Waals surface area (Å²) in [6.45, 7) is 18.9. The van der Waals surface area contributed by atoms with E-state index < -0.39 is 5.60 Å². The van der Waals surface area contributed by atoms with Gasteiger partial charge in [0.2, 0.25) is 0 Å². The molecule has 4 heteroatoms. The summed E-state index contributed by atoms with van der Waals surface area (Å²) in [5, 5.41) is 21.3. The molecule has 4 aliphatic carbocycles. The molecule has 1 unspecified atom stereocenters. The molecule has 4 fully saturated rings. The molecule has 4 saturated carbocycles. The van der Waals surface area contributed by atoms with Crippen LogP contribution in [0.4, 0.5) is 0 Å². The van der Waals surface area contributed by atoms with E-state index in [0.29, 0.717) is 23.7 Å². The molecule has 1 aromatic rings. The fourth-order valence-electron chi connectivity index (χ4n) is 11.4. The number of aromatic hydroxyl groups is 1. The van der Waals surface area contributed by atoms with Crippen LogP contribution in [0.3, 0.4) is 0 Å². The van der Waals surface area contributed by atoms with E-state index in [1.54, 1.807) is 30.3 Å². The van der Waals surface area contributed by atoms with Crippen LogP contribution in [0.1, 0.15) is 125 Å². The van der Waals surface area contributed by atoms with Gasteiger partial charge in [-0.25, -0.2) is 4.79 Å². The van der Waals surface area contributed by atoms with Crippen LogP contribution in [0, 0.1) is 45.3 Å². The molecule has 0 bridgehead atoms. The highest BCUT2D eigenvalue weighted by Crippen LogP contribution is 2.76. The fourth-order valence-corrected chi connectivity index (χ4v) is 11.4. The standard InChI is InChI=1S/C39H58O4/c1-26(2)10-9-22-39(8,42)30-19-24-37(6)29(30)16-17-32-36(5)23-21-33(35(3,4)31(36)20-25-38(32,37)7)43-34(41)18-13-27-11-14-28(40)15-12-27/h10-15,18,29-33,40,42H,9,16-17,19-25H2,1-8H3/b18-13+/t29-,30+,31+,32-,33?,36+,37-,38-,39+/m1/s1. The van der Waals surface area contributed by atoms with Gasteiger partial charge in [-0.1, -0.05) is 58.4 Å². The van der Waals surface area contributed by atoms with Crippen LogP contribution in [-0.2, 0) is 9.53 Å². The van der Waals surface area contributed by atoms with Crippen molar-refractivity contribution in [1.29, 1.82) is 0 Å². The first-order valence-corrected chi connectivity index (χ1v) is 17.1. The average Bonchev–Trinajstić information content (AvgIpc) is 3.29. The van der Waals surface area contributed by atoms with Gasteiger partial charge in [0.25, 0.3) is 0 Å². The van der Waals surface area contributed by atoms with Crippen LogP contribution in [-0.4, -0.2) is 27.9 Å². The number of phenols is 1. The Hall–Kier alpha value is -2.07. The van der Waals surface area contributed by atoms with Crippen LogP contribution < -0.4 is 0 Å². The molecule has 5 rings (SSSR count). The Kier molecular flexibility index (Phi) is 8.55. The third-order valence-electron chi connectivity index (χ3n) is 13.9. The molecule has 0 saturated heterocycles. The fraction of sp³-hybridized carbons (Fsp3) is 0.718. The summed E-state index contributed by atoms with van der Waals surface area (Å²) in [5.74, 6) is 2.06. The Labute approximate surface area is 261 Å². The smallest absolute Gasteiger partial charge is 0.331 e. The first kappa shape index (κ1) is 32.3. The van der Waals surface area contributed by atoms with Crippen molar-refractivity contribution in [3.05, 3.63) is 47.6 Å². The molecule has 0 spiro atoms. The third kappa shape index (κ3) is 5.53. The molecule has 0 aromatic heterocycles. The van der Waals surface area contributed by atoms with E-state index in [9.17, 15) is 15.0 Å². The Bertz CT molecular complexity index is 1240. The minimum atomic E-state index is -0.612. The number of esters is 1. The maximum atomic E-state index is 13.0. The van der Waals surface area contributed by atoms with Gasteiger partial charge in [-0.2, -0.15) is 0 Å². The van der Waals surface area contributed by atoms with Crippen LogP contribution in [0.15, 0.2) is 42.0 Å². The molecule has 0 aliphatic heterocycles. The van der Waals surface area contributed by atoms with Crippen molar-refractivity contribution in [2.24, 2.45) is 45.3 Å². The zero-order valence-electron chi connectivity index (χ0n) is 28.2. The van der Waals surface area contributed by atoms with E-state index in [-0.39, 0.29) is 39.5 Å². The van der Waals surface area contributed by atoms with E-state index in [2.05, 4.69) is 61.5 Å². The van der Waals surface area contributed by atoms with Crippen molar-refractivity contribution < 1.29 is 19.7 Å². The molecule has 43 heavy (non-hydrogen) atoms. The van der Waals surface area contributed by atoms with Crippen LogP contribution in [0.5, 0.6) is 5.75 Å². The maximum absolute atomic E-state index is 13.0. The Morgan fingerprint density at radius 2 is 1.60 bits per heavy atom. The number of hydrogen-bond acceptors (Lipinski definition) is 4. The average molecular weight is 591 g/mol. The van der Waals surface area contributed by atoms with Gasteiger partial charge in [-0.3, -0.25) is 0 Å². The minimum absolute atomic E-state index is 0.0920. The minimum Gasteiger partial charge on any atom is -0.508 e. The monoisotopic (exact) mass is 590 g/mol. The van der Waals surface area contributed by atoms with Gasteiger partial charge in [0.1, 0.15) is 11.9 Å². The van der Waals surface area contributed by atoms with E-state index >= 15 is 0 Å². The summed E-state index contributed by atoms with van der Waals surface area (Å²) in [6.07, 6.45) is 16.6. The van der Waals surface area contributed by atoms with Crippen molar-refractivity contribution in [2.45, 2.75) is 131 Å². The van der Waals surface area contributed by atoms with Gasteiger partial charge in [-0.05, 0) is 149 Å². The lowest BCUT2D eigenvalue weighted by Gasteiger charge is -2.70. The van der Waals surface area contributed by atoms with Gasteiger partial charge in [0.05, 0.1) is 5.60 Å². The summed E-state index contributed by atoms with van der Waals surface area (Å²) in [5.41, 5.74) is 2.23. The number of phenolic OH excluding ortho intramolecular Hbond substituents is 1. The summed E-state index contributed by atoms with van der Waals surface area (Å²) in [6, 6.07) is 6.84. The van der Waals surface area contributed by atoms with Crippen molar-refractivity contribution >= 4 is 12.0 Å². The highest BCUT2D eigenvalue weighted by molar-refractivity contribution is 5.87. The zero-order valence-corrected chi connectivity index (χ0v) is 28.2. The number of fused-ring (bicyclic) bond motifs is 5. The number of allylic oxidation sites excluding steroid dienone is 2.